The number of nitrogens with zero attached hydrogens (tertiary/aromatic N) is 2. The Labute approximate surface area is 180 Å². The minimum Gasteiger partial charge on any atom is -0.492 e. The van der Waals surface area contributed by atoms with Crippen molar-refractivity contribution in [1.29, 1.82) is 0 Å². The molecule has 0 saturated carbocycles. The highest BCUT2D eigenvalue weighted by atomic mass is 16.6. The molecule has 3 aliphatic rings. The molecule has 166 valence electrons. The summed E-state index contributed by atoms with van der Waals surface area (Å²) in [7, 11) is 0. The van der Waals surface area contributed by atoms with E-state index in [9.17, 15) is 9.90 Å². The van der Waals surface area contributed by atoms with Crippen molar-refractivity contribution in [2.24, 2.45) is 5.41 Å². The molecule has 3 aliphatic heterocycles. The molecule has 1 aromatic carbocycles. The Morgan fingerprint density at radius 3 is 2.60 bits per heavy atom. The van der Waals surface area contributed by atoms with Crippen molar-refractivity contribution in [2.75, 3.05) is 45.9 Å². The van der Waals surface area contributed by atoms with Crippen LogP contribution in [-0.2, 0) is 16.0 Å². The molecule has 30 heavy (non-hydrogen) atoms. The lowest BCUT2D eigenvalue weighted by atomic mass is 9.76. The number of benzene rings is 1. The highest BCUT2D eigenvalue weighted by Crippen LogP contribution is 2.43. The normalized spacial score (nSPS) is 25.5. The van der Waals surface area contributed by atoms with Crippen LogP contribution in [0.2, 0.25) is 0 Å². The molecule has 1 spiro atoms. The van der Waals surface area contributed by atoms with Gasteiger partial charge >= 0.3 is 5.97 Å². The number of carbonyl (C=O) groups excluding carboxylic acids is 1. The van der Waals surface area contributed by atoms with Crippen LogP contribution >= 0.6 is 0 Å². The smallest absolute Gasteiger partial charge is 0.312 e. The molecule has 0 aliphatic carbocycles. The number of hydrogen-bond acceptors (Lipinski definition) is 6. The van der Waals surface area contributed by atoms with Gasteiger partial charge in [-0.3, -0.25) is 14.6 Å². The Morgan fingerprint density at radius 1 is 1.13 bits per heavy atom. The zero-order valence-corrected chi connectivity index (χ0v) is 18.2. The molecule has 0 radical (unpaired) electrons. The number of hydrogen-bond donors (Lipinski definition) is 1. The van der Waals surface area contributed by atoms with Crippen LogP contribution in [0.5, 0.6) is 5.75 Å². The van der Waals surface area contributed by atoms with E-state index in [1.165, 1.54) is 5.56 Å². The monoisotopic (exact) mass is 416 g/mol. The van der Waals surface area contributed by atoms with Crippen molar-refractivity contribution in [1.82, 2.24) is 9.80 Å². The summed E-state index contributed by atoms with van der Waals surface area (Å²) >= 11 is 0. The summed E-state index contributed by atoms with van der Waals surface area (Å²) in [5, 5.41) is 9.68. The minimum absolute atomic E-state index is 0.00757. The number of cyclic esters (lactones) is 1. The van der Waals surface area contributed by atoms with Crippen molar-refractivity contribution in [2.45, 2.75) is 57.7 Å². The number of para-hydroxylation sites is 1. The predicted molar refractivity (Wildman–Crippen MR) is 116 cm³/mol. The summed E-state index contributed by atoms with van der Waals surface area (Å²) in [6.07, 6.45) is 5.08. The molecule has 1 atom stereocenters. The Kier molecular flexibility index (Phi) is 6.96. The summed E-state index contributed by atoms with van der Waals surface area (Å²) in [6.45, 7) is 8.19. The number of aliphatic hydroxyl groups is 1. The summed E-state index contributed by atoms with van der Waals surface area (Å²) < 4.78 is 11.8. The Morgan fingerprint density at radius 2 is 1.87 bits per heavy atom. The highest BCUT2D eigenvalue weighted by molar-refractivity contribution is 5.79. The second kappa shape index (κ2) is 9.67. The van der Waals surface area contributed by atoms with Crippen LogP contribution in [0.1, 0.15) is 44.6 Å². The standard InChI is InChI=1S/C24H36N2O4/c1-2-19-5-3-4-6-22(19)29-16-15-25-13-9-24(10-14-25)17-21(30-23(24)28)18-26-11-7-20(27)8-12-26/h3-6,20-21,27H,2,7-18H2,1H3. The molecule has 3 saturated heterocycles. The molecule has 4 rings (SSSR count). The number of aliphatic hydroxyl groups excluding tert-OH is 1. The van der Waals surface area contributed by atoms with Gasteiger partial charge < -0.3 is 14.6 Å². The first-order valence-electron chi connectivity index (χ1n) is 11.6. The zero-order chi connectivity index (χ0) is 21.0. The van der Waals surface area contributed by atoms with Gasteiger partial charge in [-0.25, -0.2) is 0 Å². The number of likely N-dealkylation sites (tertiary alicyclic amines) is 2. The highest BCUT2D eigenvalue weighted by Gasteiger charge is 2.50. The average molecular weight is 417 g/mol. The van der Waals surface area contributed by atoms with Gasteiger partial charge in [-0.1, -0.05) is 25.1 Å². The Bertz CT molecular complexity index is 709. The van der Waals surface area contributed by atoms with Crippen molar-refractivity contribution >= 4 is 5.97 Å². The number of ether oxygens (including phenoxy) is 2. The fourth-order valence-electron chi connectivity index (χ4n) is 5.16. The van der Waals surface area contributed by atoms with Gasteiger partial charge in [-0.15, -0.1) is 0 Å². The summed E-state index contributed by atoms with van der Waals surface area (Å²) in [4.78, 5) is 17.5. The molecular weight excluding hydrogens is 380 g/mol. The van der Waals surface area contributed by atoms with E-state index in [1.54, 1.807) is 0 Å². The van der Waals surface area contributed by atoms with Gasteiger partial charge in [0, 0.05) is 32.6 Å². The number of aryl methyl sites for hydroxylation is 1. The molecule has 1 aromatic rings. The van der Waals surface area contributed by atoms with Gasteiger partial charge in [-0.05, 0) is 56.8 Å². The number of esters is 1. The molecule has 6 nitrogen and oxygen atoms in total. The molecule has 1 N–H and O–H groups in total. The van der Waals surface area contributed by atoms with Gasteiger partial charge in [-0.2, -0.15) is 0 Å². The van der Waals surface area contributed by atoms with E-state index in [0.717, 1.165) is 83.5 Å². The zero-order valence-electron chi connectivity index (χ0n) is 18.2. The van der Waals surface area contributed by atoms with Gasteiger partial charge in [0.15, 0.2) is 0 Å². The van der Waals surface area contributed by atoms with Crippen molar-refractivity contribution < 1.29 is 19.4 Å². The van der Waals surface area contributed by atoms with E-state index in [2.05, 4.69) is 28.9 Å². The van der Waals surface area contributed by atoms with Crippen molar-refractivity contribution in [3.63, 3.8) is 0 Å². The fourth-order valence-corrected chi connectivity index (χ4v) is 5.16. The van der Waals surface area contributed by atoms with E-state index in [1.807, 2.05) is 12.1 Å². The molecule has 6 heteroatoms. The average Bonchev–Trinajstić information content (AvgIpc) is 3.06. The van der Waals surface area contributed by atoms with Gasteiger partial charge in [0.25, 0.3) is 0 Å². The van der Waals surface area contributed by atoms with Crippen LogP contribution in [0.15, 0.2) is 24.3 Å². The first-order chi connectivity index (χ1) is 14.6. The SMILES string of the molecule is CCc1ccccc1OCCN1CCC2(CC1)CC(CN1CCC(O)CC1)OC2=O. The third-order valence-electron chi connectivity index (χ3n) is 7.18. The third kappa shape index (κ3) is 4.98. The van der Waals surface area contributed by atoms with Crippen LogP contribution in [0.25, 0.3) is 0 Å². The van der Waals surface area contributed by atoms with Crippen LogP contribution in [-0.4, -0.2) is 79.0 Å². The Balaban J connectivity index is 1.21. The maximum absolute atomic E-state index is 12.7. The Hall–Kier alpha value is -1.63. The summed E-state index contributed by atoms with van der Waals surface area (Å²) in [5.74, 6) is 0.998. The summed E-state index contributed by atoms with van der Waals surface area (Å²) in [6, 6.07) is 8.24. The topological polar surface area (TPSA) is 62.2 Å². The molecule has 3 heterocycles. The number of rotatable bonds is 7. The lowest BCUT2D eigenvalue weighted by molar-refractivity contribution is -0.151. The van der Waals surface area contributed by atoms with E-state index in [-0.39, 0.29) is 23.6 Å². The van der Waals surface area contributed by atoms with E-state index < -0.39 is 0 Å². The van der Waals surface area contributed by atoms with Crippen LogP contribution in [0, 0.1) is 5.41 Å². The molecule has 0 bridgehead atoms. The maximum atomic E-state index is 12.7. The first kappa shape index (κ1) is 21.6. The first-order valence-corrected chi connectivity index (χ1v) is 11.6. The number of carbonyl (C=O) groups is 1. The largest absolute Gasteiger partial charge is 0.492 e. The summed E-state index contributed by atoms with van der Waals surface area (Å²) in [5.41, 5.74) is 0.963. The molecule has 1 unspecified atom stereocenters. The van der Waals surface area contributed by atoms with E-state index in [4.69, 9.17) is 9.47 Å². The molecule has 0 aromatic heterocycles. The predicted octanol–water partition coefficient (Wildman–Crippen LogP) is 2.48. The van der Waals surface area contributed by atoms with Crippen LogP contribution < -0.4 is 4.74 Å². The quantitative estimate of drug-likeness (QED) is 0.689. The lowest BCUT2D eigenvalue weighted by Crippen LogP contribution is -2.44. The van der Waals surface area contributed by atoms with Crippen molar-refractivity contribution in [3.05, 3.63) is 29.8 Å². The lowest BCUT2D eigenvalue weighted by Gasteiger charge is -2.36. The molecular formula is C24H36N2O4. The van der Waals surface area contributed by atoms with Gasteiger partial charge in [0.2, 0.25) is 0 Å². The van der Waals surface area contributed by atoms with E-state index in [0.29, 0.717) is 6.61 Å². The molecule has 0 amide bonds. The van der Waals surface area contributed by atoms with Crippen LogP contribution in [0.4, 0.5) is 0 Å². The fraction of sp³-hybridized carbons (Fsp3) is 0.708. The van der Waals surface area contributed by atoms with Gasteiger partial charge in [0.1, 0.15) is 18.5 Å². The van der Waals surface area contributed by atoms with Crippen LogP contribution in [0.3, 0.4) is 0 Å². The second-order valence-electron chi connectivity index (χ2n) is 9.19. The molecule has 3 fully saturated rings. The minimum atomic E-state index is -0.286. The third-order valence-corrected chi connectivity index (χ3v) is 7.18. The second-order valence-corrected chi connectivity index (χ2v) is 9.19. The van der Waals surface area contributed by atoms with Gasteiger partial charge in [0.05, 0.1) is 11.5 Å². The number of piperidine rings is 2. The van der Waals surface area contributed by atoms with Crippen molar-refractivity contribution in [3.8, 4) is 5.75 Å². The van der Waals surface area contributed by atoms with E-state index >= 15 is 0 Å². The maximum Gasteiger partial charge on any atom is 0.312 e.